The summed E-state index contributed by atoms with van der Waals surface area (Å²) < 4.78 is 10.7. The van der Waals surface area contributed by atoms with Crippen LogP contribution in [0.25, 0.3) is 11.1 Å². The molecule has 0 saturated heterocycles. The number of carbonyl (C=O) groups is 3. The van der Waals surface area contributed by atoms with E-state index < -0.39 is 36.0 Å². The summed E-state index contributed by atoms with van der Waals surface area (Å²) >= 11 is 0. The SMILES string of the molecule is COC[C@H](NC(=O)OCC1c2ccccc2-c2ccccc21)C(=O)NC1CCCCCC1C(=O)O. The number of carbonyl (C=O) groups excluding carboxylic acids is 2. The maximum atomic E-state index is 13.0. The summed E-state index contributed by atoms with van der Waals surface area (Å²) in [6.45, 7) is 0.0748. The monoisotopic (exact) mass is 480 g/mol. The lowest BCUT2D eigenvalue weighted by atomic mass is 9.94. The standard InChI is InChI=1S/C27H32N2O6/c1-34-16-24(25(30)28-23-14-4-2-3-13-21(23)26(31)32)29-27(33)35-15-22-19-11-7-5-9-17(19)18-10-6-8-12-20(18)22/h5-12,21-24H,2-4,13-16H2,1H3,(H,28,30)(H,29,33)(H,31,32)/t21?,23?,24-/m0/s1. The predicted molar refractivity (Wildman–Crippen MR) is 130 cm³/mol. The molecule has 1 saturated carbocycles. The van der Waals surface area contributed by atoms with Crippen molar-refractivity contribution in [2.75, 3.05) is 20.3 Å². The van der Waals surface area contributed by atoms with E-state index in [0.717, 1.165) is 41.5 Å². The molecule has 8 nitrogen and oxygen atoms in total. The highest BCUT2D eigenvalue weighted by Crippen LogP contribution is 2.44. The quantitative estimate of drug-likeness (QED) is 0.497. The highest BCUT2D eigenvalue weighted by atomic mass is 16.5. The average Bonchev–Trinajstić information content (AvgIpc) is 2.98. The van der Waals surface area contributed by atoms with Crippen molar-refractivity contribution >= 4 is 18.0 Å². The van der Waals surface area contributed by atoms with E-state index >= 15 is 0 Å². The average molecular weight is 481 g/mol. The molecule has 3 N–H and O–H groups in total. The Kier molecular flexibility index (Phi) is 8.02. The Morgan fingerprint density at radius 2 is 1.60 bits per heavy atom. The third-order valence-electron chi connectivity index (χ3n) is 6.95. The van der Waals surface area contributed by atoms with Gasteiger partial charge in [0.15, 0.2) is 0 Å². The van der Waals surface area contributed by atoms with E-state index in [1.807, 2.05) is 36.4 Å². The Balaban J connectivity index is 1.38. The van der Waals surface area contributed by atoms with Gasteiger partial charge in [-0.05, 0) is 35.1 Å². The number of hydrogen-bond acceptors (Lipinski definition) is 5. The van der Waals surface area contributed by atoms with Gasteiger partial charge in [0, 0.05) is 19.1 Å². The third kappa shape index (κ3) is 5.65. The van der Waals surface area contributed by atoms with E-state index in [2.05, 4.69) is 22.8 Å². The Hall–Kier alpha value is -3.39. The molecule has 2 aliphatic rings. The molecule has 1 fully saturated rings. The molecule has 0 radical (unpaired) electrons. The lowest BCUT2D eigenvalue weighted by Crippen LogP contribution is -2.54. The van der Waals surface area contributed by atoms with Crippen molar-refractivity contribution in [1.82, 2.24) is 10.6 Å². The Labute approximate surface area is 205 Å². The fourth-order valence-corrected chi connectivity index (χ4v) is 5.19. The number of rotatable bonds is 8. The molecule has 8 heteroatoms. The maximum absolute atomic E-state index is 13.0. The van der Waals surface area contributed by atoms with E-state index in [9.17, 15) is 19.5 Å². The molecule has 2 amide bonds. The largest absolute Gasteiger partial charge is 0.481 e. The highest BCUT2D eigenvalue weighted by molar-refractivity contribution is 5.86. The number of hydrogen-bond donors (Lipinski definition) is 3. The number of fused-ring (bicyclic) bond motifs is 3. The Bertz CT molecular complexity index is 1030. The van der Waals surface area contributed by atoms with Gasteiger partial charge in [-0.1, -0.05) is 67.8 Å². The van der Waals surface area contributed by atoms with Gasteiger partial charge in [-0.25, -0.2) is 4.79 Å². The van der Waals surface area contributed by atoms with Crippen LogP contribution in [0.5, 0.6) is 0 Å². The zero-order chi connectivity index (χ0) is 24.8. The van der Waals surface area contributed by atoms with E-state index in [1.54, 1.807) is 0 Å². The molecule has 4 rings (SSSR count). The normalized spacial score (nSPS) is 20.1. The fourth-order valence-electron chi connectivity index (χ4n) is 5.19. The number of aliphatic carboxylic acids is 1. The topological polar surface area (TPSA) is 114 Å². The zero-order valence-corrected chi connectivity index (χ0v) is 19.9. The number of ether oxygens (including phenoxy) is 2. The lowest BCUT2D eigenvalue weighted by Gasteiger charge is -2.26. The molecule has 35 heavy (non-hydrogen) atoms. The summed E-state index contributed by atoms with van der Waals surface area (Å²) in [5.74, 6) is -2.12. The molecule has 2 unspecified atom stereocenters. The summed E-state index contributed by atoms with van der Waals surface area (Å²) in [6, 6.07) is 14.6. The maximum Gasteiger partial charge on any atom is 0.407 e. The number of benzene rings is 2. The number of nitrogens with one attached hydrogen (secondary N) is 2. The molecule has 0 aliphatic heterocycles. The first-order chi connectivity index (χ1) is 17.0. The van der Waals surface area contributed by atoms with E-state index in [-0.39, 0.29) is 19.1 Å². The minimum atomic E-state index is -0.992. The number of carboxylic acid groups (broad SMARTS) is 1. The smallest absolute Gasteiger partial charge is 0.407 e. The van der Waals surface area contributed by atoms with Crippen molar-refractivity contribution in [3.8, 4) is 11.1 Å². The van der Waals surface area contributed by atoms with Crippen molar-refractivity contribution < 1.29 is 29.0 Å². The van der Waals surface area contributed by atoms with E-state index in [0.29, 0.717) is 12.8 Å². The van der Waals surface area contributed by atoms with Crippen LogP contribution in [0.4, 0.5) is 4.79 Å². The van der Waals surface area contributed by atoms with Gasteiger partial charge in [0.25, 0.3) is 0 Å². The molecule has 2 aromatic carbocycles. The summed E-state index contributed by atoms with van der Waals surface area (Å²) in [4.78, 5) is 37.3. The minimum Gasteiger partial charge on any atom is -0.481 e. The first-order valence-corrected chi connectivity index (χ1v) is 12.1. The molecule has 3 atom stereocenters. The molecule has 2 aromatic rings. The minimum absolute atomic E-state index is 0.0551. The molecule has 2 aliphatic carbocycles. The number of alkyl carbamates (subject to hydrolysis) is 1. The van der Waals surface area contributed by atoms with Gasteiger partial charge in [0.05, 0.1) is 12.5 Å². The number of methoxy groups -OCH3 is 1. The number of carboxylic acids is 1. The van der Waals surface area contributed by atoms with Gasteiger partial charge in [-0.2, -0.15) is 0 Å². The van der Waals surface area contributed by atoms with Crippen molar-refractivity contribution in [2.24, 2.45) is 5.92 Å². The van der Waals surface area contributed by atoms with Crippen LogP contribution in [-0.2, 0) is 19.1 Å². The summed E-state index contributed by atoms with van der Waals surface area (Å²) in [5.41, 5.74) is 4.46. The van der Waals surface area contributed by atoms with Crippen LogP contribution in [0.2, 0.25) is 0 Å². The highest BCUT2D eigenvalue weighted by Gasteiger charge is 2.33. The first-order valence-electron chi connectivity index (χ1n) is 12.1. The molecule has 0 spiro atoms. The van der Waals surface area contributed by atoms with E-state index in [1.165, 1.54) is 7.11 Å². The third-order valence-corrected chi connectivity index (χ3v) is 6.95. The van der Waals surface area contributed by atoms with Crippen LogP contribution in [0.15, 0.2) is 48.5 Å². The van der Waals surface area contributed by atoms with Crippen molar-refractivity contribution in [2.45, 2.75) is 50.1 Å². The predicted octanol–water partition coefficient (Wildman–Crippen LogP) is 3.69. The Morgan fingerprint density at radius 1 is 0.971 bits per heavy atom. The van der Waals surface area contributed by atoms with E-state index in [4.69, 9.17) is 9.47 Å². The number of amides is 2. The first kappa shape index (κ1) is 24.7. The van der Waals surface area contributed by atoms with Gasteiger partial charge < -0.3 is 25.2 Å². The summed E-state index contributed by atoms with van der Waals surface area (Å²) in [7, 11) is 1.44. The molecule has 0 aromatic heterocycles. The lowest BCUT2D eigenvalue weighted by molar-refractivity contribution is -0.143. The van der Waals surface area contributed by atoms with Crippen LogP contribution in [0.3, 0.4) is 0 Å². The second-order valence-corrected chi connectivity index (χ2v) is 9.18. The van der Waals surface area contributed by atoms with Gasteiger partial charge in [0.1, 0.15) is 12.6 Å². The summed E-state index contributed by atoms with van der Waals surface area (Å²) in [5, 5.41) is 15.0. The van der Waals surface area contributed by atoms with Crippen LogP contribution < -0.4 is 10.6 Å². The van der Waals surface area contributed by atoms with Crippen molar-refractivity contribution in [3.63, 3.8) is 0 Å². The summed E-state index contributed by atoms with van der Waals surface area (Å²) in [6.07, 6.45) is 3.00. The zero-order valence-electron chi connectivity index (χ0n) is 19.9. The van der Waals surface area contributed by atoms with Crippen LogP contribution >= 0.6 is 0 Å². The molecule has 0 heterocycles. The Morgan fingerprint density at radius 3 is 2.23 bits per heavy atom. The van der Waals surface area contributed by atoms with Gasteiger partial charge in [0.2, 0.25) is 5.91 Å². The second kappa shape index (κ2) is 11.4. The van der Waals surface area contributed by atoms with Crippen molar-refractivity contribution in [3.05, 3.63) is 59.7 Å². The van der Waals surface area contributed by atoms with Crippen molar-refractivity contribution in [1.29, 1.82) is 0 Å². The molecule has 186 valence electrons. The van der Waals surface area contributed by atoms with Crippen LogP contribution in [0, 0.1) is 5.92 Å². The van der Waals surface area contributed by atoms with Gasteiger partial charge >= 0.3 is 12.1 Å². The van der Waals surface area contributed by atoms with Gasteiger partial charge in [-0.15, -0.1) is 0 Å². The molecular weight excluding hydrogens is 448 g/mol. The second-order valence-electron chi connectivity index (χ2n) is 9.18. The van der Waals surface area contributed by atoms with Crippen LogP contribution in [0.1, 0.15) is 49.1 Å². The molecule has 0 bridgehead atoms. The fraction of sp³-hybridized carbons (Fsp3) is 0.444. The molecular formula is C27H32N2O6. The van der Waals surface area contributed by atoms with Crippen LogP contribution in [-0.4, -0.2) is 55.5 Å². The van der Waals surface area contributed by atoms with Gasteiger partial charge in [-0.3, -0.25) is 9.59 Å².